The Labute approximate surface area is 229 Å². The van der Waals surface area contributed by atoms with E-state index in [1.54, 1.807) is 12.3 Å². The Morgan fingerprint density at radius 3 is 2.67 bits per heavy atom. The lowest BCUT2D eigenvalue weighted by Crippen LogP contribution is -2.42. The van der Waals surface area contributed by atoms with E-state index in [0.717, 1.165) is 47.7 Å². The second-order valence-electron chi connectivity index (χ2n) is 10.1. The number of hydrogen-bond donors (Lipinski definition) is 3. The number of nitrogens with zero attached hydrogens (tertiary/aromatic N) is 4. The van der Waals surface area contributed by atoms with Crippen LogP contribution in [0, 0.1) is 17.2 Å². The maximum Gasteiger partial charge on any atom is 0.289 e. The van der Waals surface area contributed by atoms with Crippen LogP contribution in [-0.4, -0.2) is 65.4 Å². The van der Waals surface area contributed by atoms with Gasteiger partial charge in [0.25, 0.3) is 5.91 Å². The number of nitrogens with one attached hydrogen (secondary N) is 2. The van der Waals surface area contributed by atoms with Crippen LogP contribution >= 0.6 is 0 Å². The summed E-state index contributed by atoms with van der Waals surface area (Å²) in [4.78, 5) is 23.7. The van der Waals surface area contributed by atoms with E-state index in [2.05, 4.69) is 33.2 Å². The van der Waals surface area contributed by atoms with Gasteiger partial charge in [-0.1, -0.05) is 24.8 Å². The fourth-order valence-corrected chi connectivity index (χ4v) is 5.01. The molecule has 204 valence electrons. The molecule has 3 aromatic rings. The summed E-state index contributed by atoms with van der Waals surface area (Å²) in [6.07, 6.45) is 4.45. The second kappa shape index (κ2) is 12.7. The van der Waals surface area contributed by atoms with Crippen molar-refractivity contribution in [1.82, 2.24) is 20.2 Å². The van der Waals surface area contributed by atoms with E-state index in [1.165, 1.54) is 0 Å². The van der Waals surface area contributed by atoms with Gasteiger partial charge in [0.15, 0.2) is 0 Å². The molecule has 1 aromatic heterocycles. The molecule has 4 rings (SSSR count). The first-order valence-electron chi connectivity index (χ1n) is 13.3. The van der Waals surface area contributed by atoms with Crippen molar-refractivity contribution in [2.45, 2.75) is 44.9 Å². The van der Waals surface area contributed by atoms with E-state index in [1.807, 2.05) is 56.3 Å². The van der Waals surface area contributed by atoms with Crippen LogP contribution < -0.4 is 15.4 Å². The fraction of sp³-hybridized carbons (Fsp3) is 0.400. The molecule has 39 heavy (non-hydrogen) atoms. The topological polar surface area (TPSA) is 123 Å². The average molecular weight is 529 g/mol. The molecule has 1 saturated carbocycles. The zero-order valence-corrected chi connectivity index (χ0v) is 22.8. The molecular formula is C30H36N6O3. The van der Waals surface area contributed by atoms with Crippen LogP contribution in [0.4, 0.5) is 5.69 Å². The Morgan fingerprint density at radius 2 is 1.97 bits per heavy atom. The highest BCUT2D eigenvalue weighted by Gasteiger charge is 2.28. The number of carbonyl (C=O) groups excluding carboxylic acids is 1. The van der Waals surface area contributed by atoms with Gasteiger partial charge in [0, 0.05) is 35.3 Å². The summed E-state index contributed by atoms with van der Waals surface area (Å²) >= 11 is 0. The van der Waals surface area contributed by atoms with Crippen molar-refractivity contribution in [2.75, 3.05) is 32.6 Å². The largest absolute Gasteiger partial charge is 0.492 e. The van der Waals surface area contributed by atoms with Crippen LogP contribution in [0.15, 0.2) is 54.7 Å². The van der Waals surface area contributed by atoms with Crippen LogP contribution in [0.3, 0.4) is 0 Å². The maximum atomic E-state index is 13.0. The molecule has 1 amide bonds. The maximum absolute atomic E-state index is 13.0. The highest BCUT2D eigenvalue weighted by molar-refractivity contribution is 5.99. The molecule has 0 unspecified atom stereocenters. The molecule has 1 heterocycles. The van der Waals surface area contributed by atoms with E-state index in [0.29, 0.717) is 30.2 Å². The molecule has 3 N–H and O–H groups in total. The summed E-state index contributed by atoms with van der Waals surface area (Å²) in [5, 5.41) is 27.7. The number of anilines is 1. The smallest absolute Gasteiger partial charge is 0.289 e. The molecule has 1 aliphatic rings. The molecule has 9 nitrogen and oxygen atoms in total. The minimum atomic E-state index is -0.464. The Kier molecular flexibility index (Phi) is 9.12. The monoisotopic (exact) mass is 528 g/mol. The Hall–Kier alpha value is -4.00. The van der Waals surface area contributed by atoms with E-state index < -0.39 is 6.23 Å². The Morgan fingerprint density at radius 1 is 1.23 bits per heavy atom. The third-order valence-corrected chi connectivity index (χ3v) is 7.13. The zero-order valence-electron chi connectivity index (χ0n) is 22.8. The number of benzene rings is 2. The molecule has 0 bridgehead atoms. The van der Waals surface area contributed by atoms with Crippen LogP contribution in [0.2, 0.25) is 0 Å². The first-order chi connectivity index (χ1) is 18.8. The third-order valence-electron chi connectivity index (χ3n) is 7.13. The number of nitriles is 1. The second-order valence-corrected chi connectivity index (χ2v) is 10.1. The summed E-state index contributed by atoms with van der Waals surface area (Å²) in [6, 6.07) is 13.7. The van der Waals surface area contributed by atoms with Crippen molar-refractivity contribution in [3.63, 3.8) is 0 Å². The number of aromatic nitrogens is 2. The van der Waals surface area contributed by atoms with Crippen LogP contribution in [-0.2, 0) is 0 Å². The first-order valence-corrected chi connectivity index (χ1v) is 13.3. The summed E-state index contributed by atoms with van der Waals surface area (Å²) in [7, 11) is 3.75. The van der Waals surface area contributed by atoms with E-state index >= 15 is 0 Å². The van der Waals surface area contributed by atoms with Gasteiger partial charge < -0.3 is 20.5 Å². The number of aliphatic hydroxyl groups excluding tert-OH is 1. The van der Waals surface area contributed by atoms with E-state index in [9.17, 15) is 9.90 Å². The lowest BCUT2D eigenvalue weighted by atomic mass is 9.84. The van der Waals surface area contributed by atoms with Crippen LogP contribution in [0.5, 0.6) is 5.75 Å². The first kappa shape index (κ1) is 28.0. The van der Waals surface area contributed by atoms with Crippen molar-refractivity contribution in [2.24, 2.45) is 5.92 Å². The van der Waals surface area contributed by atoms with Crippen molar-refractivity contribution >= 4 is 22.4 Å². The van der Waals surface area contributed by atoms with Crippen molar-refractivity contribution in [1.29, 1.82) is 5.26 Å². The Bertz CT molecular complexity index is 1370. The number of hydrogen-bond acceptors (Lipinski definition) is 8. The molecule has 1 fully saturated rings. The molecule has 0 saturated heterocycles. The van der Waals surface area contributed by atoms with Crippen molar-refractivity contribution in [3.8, 4) is 23.1 Å². The van der Waals surface area contributed by atoms with Gasteiger partial charge in [-0.05, 0) is 76.2 Å². The molecule has 0 radical (unpaired) electrons. The highest BCUT2D eigenvalue weighted by Crippen LogP contribution is 2.36. The number of rotatable bonds is 10. The molecule has 1 atom stereocenters. The zero-order chi connectivity index (χ0) is 27.9. The molecule has 2 aromatic carbocycles. The third kappa shape index (κ3) is 6.72. The summed E-state index contributed by atoms with van der Waals surface area (Å²) < 4.78 is 5.84. The lowest BCUT2D eigenvalue weighted by Gasteiger charge is -2.34. The van der Waals surface area contributed by atoms with Gasteiger partial charge in [-0.2, -0.15) is 5.26 Å². The minimum Gasteiger partial charge on any atom is -0.492 e. The minimum absolute atomic E-state index is 0.0322. The van der Waals surface area contributed by atoms with E-state index in [-0.39, 0.29) is 23.7 Å². The molecule has 0 aliphatic heterocycles. The van der Waals surface area contributed by atoms with Gasteiger partial charge in [-0.25, -0.2) is 9.97 Å². The van der Waals surface area contributed by atoms with Gasteiger partial charge in [0.2, 0.25) is 5.82 Å². The fourth-order valence-electron chi connectivity index (χ4n) is 5.01. The average Bonchev–Trinajstić information content (AvgIpc) is 2.96. The SMILES string of the molecule is C=C(C#N)CNc1c(OCC)ccc2ccc(-c3ccnc(C(=O)NC4CCC([C@@H](O)N(C)C)CC4)n3)cc12. The summed E-state index contributed by atoms with van der Waals surface area (Å²) in [6.45, 7) is 6.49. The van der Waals surface area contributed by atoms with Gasteiger partial charge >= 0.3 is 0 Å². The van der Waals surface area contributed by atoms with Gasteiger partial charge in [-0.15, -0.1) is 0 Å². The van der Waals surface area contributed by atoms with Crippen LogP contribution in [0.1, 0.15) is 43.2 Å². The summed E-state index contributed by atoms with van der Waals surface area (Å²) in [5.41, 5.74) is 2.64. The lowest BCUT2D eigenvalue weighted by molar-refractivity contribution is -0.0250. The number of fused-ring (bicyclic) bond motifs is 1. The standard InChI is InChI=1S/C30H36N6O3/c1-5-39-26-13-10-20-6-7-22(16-24(20)27(26)33-18-19(2)17-31)25-14-15-32-28(35-25)29(37)34-23-11-8-21(9-12-23)30(38)36(3)4/h6-7,10,13-16,21,23,30,33,38H,2,5,8-9,11-12,18H2,1,3-4H3,(H,34,37)/t21?,23?,30-/m1/s1. The normalized spacial score (nSPS) is 17.8. The Balaban J connectivity index is 1.54. The molecule has 1 aliphatic carbocycles. The van der Waals surface area contributed by atoms with Crippen LogP contribution in [0.25, 0.3) is 22.0 Å². The van der Waals surface area contributed by atoms with E-state index in [4.69, 9.17) is 10.00 Å². The predicted molar refractivity (Wildman–Crippen MR) is 152 cm³/mol. The summed E-state index contributed by atoms with van der Waals surface area (Å²) in [5.74, 6) is 0.713. The van der Waals surface area contributed by atoms with Gasteiger partial charge in [0.05, 0.1) is 24.1 Å². The molecule has 0 spiro atoms. The van der Waals surface area contributed by atoms with Gasteiger partial charge in [0.1, 0.15) is 12.0 Å². The number of aliphatic hydroxyl groups is 1. The molecular weight excluding hydrogens is 492 g/mol. The quantitative estimate of drug-likeness (QED) is 0.262. The van der Waals surface area contributed by atoms with Crippen molar-refractivity contribution in [3.05, 3.63) is 60.6 Å². The number of amides is 1. The number of carbonyl (C=O) groups is 1. The van der Waals surface area contributed by atoms with Gasteiger partial charge in [-0.3, -0.25) is 9.69 Å². The number of ether oxygens (including phenoxy) is 1. The van der Waals surface area contributed by atoms with Crippen molar-refractivity contribution < 1.29 is 14.6 Å². The predicted octanol–water partition coefficient (Wildman–Crippen LogP) is 4.36. The molecule has 9 heteroatoms. The highest BCUT2D eigenvalue weighted by atomic mass is 16.5.